The monoisotopic (exact) mass is 172 g/mol. The average molecular weight is 170 g/mol. The predicted molar refractivity (Wildman–Crippen MR) is 10.3 cm³/mol. The molecule has 0 aromatic heterocycles. The minimum atomic E-state index is 0. The molecule has 0 rings (SSSR count). The second-order valence-electron chi connectivity index (χ2n) is 0. The van der Waals surface area contributed by atoms with E-state index in [1.54, 1.807) is 0 Å². The van der Waals surface area contributed by atoms with Crippen LogP contribution in [0.5, 0.6) is 0 Å². The third-order valence-electron chi connectivity index (χ3n) is 0. The zero-order chi connectivity index (χ0) is 2.00. The van der Waals surface area contributed by atoms with Crippen LogP contribution in [-0.4, -0.2) is 34.0 Å². The Hall–Kier alpha value is 1.17. The van der Waals surface area contributed by atoms with Crippen molar-refractivity contribution in [2.24, 2.45) is 0 Å². The van der Waals surface area contributed by atoms with Gasteiger partial charge in [0.2, 0.25) is 0 Å². The summed E-state index contributed by atoms with van der Waals surface area (Å²) in [6.45, 7) is 0. The average Bonchev–Trinajstić information content (AvgIpc) is 1.00. The van der Waals surface area contributed by atoms with Crippen molar-refractivity contribution in [2.45, 2.75) is 0 Å². The van der Waals surface area contributed by atoms with E-state index in [4.69, 9.17) is 3.40 Å². The van der Waals surface area contributed by atoms with Gasteiger partial charge in [-0.3, -0.25) is 0 Å². The van der Waals surface area contributed by atoms with E-state index in [1.165, 1.54) is 0 Å². The van der Waals surface area contributed by atoms with Gasteiger partial charge in [0.1, 0.15) is 0 Å². The standard InChI is InChI=1S/Mg.Mo.2H2O.O/h;;2*1H2;/q+2;;;;/p-2. The van der Waals surface area contributed by atoms with Gasteiger partial charge in [-0.25, -0.2) is 0 Å². The molecule has 0 heterocycles. The van der Waals surface area contributed by atoms with Crippen LogP contribution >= 0.6 is 0 Å². The van der Waals surface area contributed by atoms with Crippen LogP contribution < -0.4 is 0 Å². The Morgan fingerprint density at radius 3 is 1.00 bits per heavy atom. The molecule has 0 aliphatic heterocycles. The van der Waals surface area contributed by atoms with E-state index in [-0.39, 0.29) is 34.0 Å². The third-order valence-corrected chi connectivity index (χ3v) is 0. The summed E-state index contributed by atoms with van der Waals surface area (Å²) < 4.78 is 8.26. The molecule has 0 aromatic rings. The number of hydrogen-bond donors (Lipinski definition) is 0. The van der Waals surface area contributed by atoms with Crippen LogP contribution in [-0.2, 0) is 23.2 Å². The molecule has 5 heavy (non-hydrogen) atoms. The summed E-state index contributed by atoms with van der Waals surface area (Å²) in [4.78, 5) is 0. The van der Waals surface area contributed by atoms with E-state index >= 15 is 0 Å². The molecule has 0 bridgehead atoms. The van der Waals surface area contributed by atoms with Gasteiger partial charge in [-0.05, 0) is 0 Å². The summed E-state index contributed by atoms with van der Waals surface area (Å²) in [5.41, 5.74) is 0. The van der Waals surface area contributed by atoms with Gasteiger partial charge < -0.3 is 11.0 Å². The fraction of sp³-hybridized carbons (Fsp3) is 0. The first-order valence-electron chi connectivity index (χ1n) is 0.167. The van der Waals surface area contributed by atoms with Gasteiger partial charge in [0.05, 0.1) is 0 Å². The molecule has 0 aromatic carbocycles. The van der Waals surface area contributed by atoms with E-state index < -0.39 is 0 Å². The van der Waals surface area contributed by atoms with Crippen LogP contribution in [0.4, 0.5) is 0 Å². The molecule has 0 saturated heterocycles. The molecule has 0 radical (unpaired) electrons. The zero-order valence-corrected chi connectivity index (χ0v) is 5.84. The van der Waals surface area contributed by atoms with Gasteiger partial charge in [0.25, 0.3) is 0 Å². The van der Waals surface area contributed by atoms with E-state index in [0.29, 0.717) is 19.8 Å². The van der Waals surface area contributed by atoms with Crippen LogP contribution in [0, 0.1) is 0 Å². The van der Waals surface area contributed by atoms with Crippen molar-refractivity contribution in [1.29, 1.82) is 0 Å². The normalized spacial score (nSPS) is 0.800. The topological polar surface area (TPSA) is 77.1 Å². The van der Waals surface area contributed by atoms with E-state index in [9.17, 15) is 0 Å². The summed E-state index contributed by atoms with van der Waals surface area (Å²) >= 11 is 0.700. The first-order chi connectivity index (χ1) is 1.00. The molecule has 0 amide bonds. The summed E-state index contributed by atoms with van der Waals surface area (Å²) in [6.07, 6.45) is 0. The molecule has 28 valence electrons. The Bertz CT molecular complexity index is 6.85. The van der Waals surface area contributed by atoms with E-state index in [1.807, 2.05) is 0 Å². The van der Waals surface area contributed by atoms with Crippen molar-refractivity contribution >= 4 is 23.1 Å². The Morgan fingerprint density at radius 1 is 1.00 bits per heavy atom. The van der Waals surface area contributed by atoms with Crippen LogP contribution in [0.25, 0.3) is 0 Å². The van der Waals surface area contributed by atoms with Gasteiger partial charge in [-0.1, -0.05) is 0 Å². The fourth-order valence-electron chi connectivity index (χ4n) is 0. The van der Waals surface area contributed by atoms with Gasteiger partial charge in [-0.15, -0.1) is 0 Å². The molecule has 5 heteroatoms. The van der Waals surface area contributed by atoms with Crippen molar-refractivity contribution in [3.8, 4) is 0 Å². The van der Waals surface area contributed by atoms with Crippen LogP contribution in [0.1, 0.15) is 0 Å². The second kappa shape index (κ2) is 65.4. The van der Waals surface area contributed by atoms with Gasteiger partial charge >= 0.3 is 46.2 Å². The molecule has 3 nitrogen and oxygen atoms in total. The van der Waals surface area contributed by atoms with Crippen molar-refractivity contribution in [2.75, 3.05) is 0 Å². The third kappa shape index (κ3) is 37.8. The van der Waals surface area contributed by atoms with Crippen LogP contribution in [0.2, 0.25) is 0 Å². The molecular formula is H2MgMoO3. The SMILES string of the molecule is [Mg+2].[OH-].[OH-].[O]=[Mo]. The van der Waals surface area contributed by atoms with Crippen molar-refractivity contribution in [3.63, 3.8) is 0 Å². The van der Waals surface area contributed by atoms with Crippen molar-refractivity contribution < 1.29 is 34.1 Å². The Labute approximate surface area is 57.1 Å². The van der Waals surface area contributed by atoms with E-state index in [2.05, 4.69) is 0 Å². The Kier molecular flexibility index (Phi) is 457. The van der Waals surface area contributed by atoms with Crippen LogP contribution in [0.3, 0.4) is 0 Å². The molecule has 0 aliphatic carbocycles. The molecule has 0 unspecified atom stereocenters. The van der Waals surface area contributed by atoms with Crippen LogP contribution in [0.15, 0.2) is 0 Å². The number of hydrogen-bond acceptors (Lipinski definition) is 3. The Morgan fingerprint density at radius 2 is 1.00 bits per heavy atom. The minimum absolute atomic E-state index is 0. The zero-order valence-electron chi connectivity index (χ0n) is 2.42. The molecule has 0 aliphatic rings. The van der Waals surface area contributed by atoms with Crippen molar-refractivity contribution in [3.05, 3.63) is 0 Å². The second-order valence-corrected chi connectivity index (χ2v) is 0. The fourth-order valence-corrected chi connectivity index (χ4v) is 0. The van der Waals surface area contributed by atoms with E-state index in [0.717, 1.165) is 0 Å². The number of rotatable bonds is 0. The summed E-state index contributed by atoms with van der Waals surface area (Å²) in [7, 11) is 0. The summed E-state index contributed by atoms with van der Waals surface area (Å²) in [6, 6.07) is 0. The molecule has 2 N–H and O–H groups in total. The summed E-state index contributed by atoms with van der Waals surface area (Å²) in [5, 5.41) is 0. The quantitative estimate of drug-likeness (QED) is 0.444. The molecular weight excluding hydrogens is 168 g/mol. The molecule has 0 spiro atoms. The maximum atomic E-state index is 8.26. The molecule has 0 fully saturated rings. The van der Waals surface area contributed by atoms with Crippen molar-refractivity contribution in [1.82, 2.24) is 0 Å². The maximum absolute atomic E-state index is 8.26. The predicted octanol–water partition coefficient (Wildman–Crippen LogP) is -0.856. The first-order valence-corrected chi connectivity index (χ1v) is 0.986. The molecule has 0 saturated carbocycles. The van der Waals surface area contributed by atoms with Gasteiger partial charge in [0, 0.05) is 0 Å². The van der Waals surface area contributed by atoms with Gasteiger partial charge in [-0.2, -0.15) is 0 Å². The Balaban J connectivity index is -0.00000000167. The summed E-state index contributed by atoms with van der Waals surface area (Å²) in [5.74, 6) is 0. The molecule has 0 atom stereocenters. The van der Waals surface area contributed by atoms with Gasteiger partial charge in [0.15, 0.2) is 0 Å². The first kappa shape index (κ1) is 35.0.